The van der Waals surface area contributed by atoms with E-state index in [0.717, 1.165) is 12.1 Å². The normalized spacial score (nSPS) is 10.7. The number of anilines is 1. The first-order valence-corrected chi connectivity index (χ1v) is 6.01. The Bertz CT molecular complexity index is 542. The fourth-order valence-corrected chi connectivity index (χ4v) is 1.75. The first-order chi connectivity index (χ1) is 9.82. The summed E-state index contributed by atoms with van der Waals surface area (Å²) in [6, 6.07) is 1.85. The number of halogens is 3. The summed E-state index contributed by atoms with van der Waals surface area (Å²) in [6.45, 7) is -0.817. The van der Waals surface area contributed by atoms with Gasteiger partial charge in [-0.1, -0.05) is 11.6 Å². The molecular weight excluding hydrogens is 314 g/mol. The van der Waals surface area contributed by atoms with Gasteiger partial charge in [-0.15, -0.1) is 0 Å². The number of benzene rings is 1. The van der Waals surface area contributed by atoms with E-state index in [1.165, 1.54) is 0 Å². The minimum Gasteiger partial charge on any atom is -0.478 e. The molecule has 10 heteroatoms. The molecular formula is C11H11ClF2N2O5. The van der Waals surface area contributed by atoms with Crippen molar-refractivity contribution in [3.8, 4) is 0 Å². The van der Waals surface area contributed by atoms with E-state index in [4.69, 9.17) is 16.7 Å². The number of aromatic carboxylic acids is 1. The van der Waals surface area contributed by atoms with Gasteiger partial charge in [-0.2, -0.15) is 0 Å². The second kappa shape index (κ2) is 7.70. The van der Waals surface area contributed by atoms with Crippen LogP contribution >= 0.6 is 11.6 Å². The Kier molecular flexibility index (Phi) is 6.25. The summed E-state index contributed by atoms with van der Waals surface area (Å²) in [4.78, 5) is 21.0. The molecule has 0 amide bonds. The lowest BCUT2D eigenvalue weighted by Gasteiger charge is -2.11. The smallest absolute Gasteiger partial charge is 0.338 e. The number of hydrogen-bond acceptors (Lipinski definition) is 5. The summed E-state index contributed by atoms with van der Waals surface area (Å²) in [5.41, 5.74) is -0.879. The maximum atomic E-state index is 11.8. The number of carboxylic acids is 1. The highest BCUT2D eigenvalue weighted by atomic mass is 35.5. The molecule has 0 atom stereocenters. The predicted octanol–water partition coefficient (Wildman–Crippen LogP) is 2.64. The molecule has 0 saturated heterocycles. The van der Waals surface area contributed by atoms with Crippen LogP contribution in [0, 0.1) is 10.1 Å². The Morgan fingerprint density at radius 3 is 2.71 bits per heavy atom. The molecule has 0 radical (unpaired) electrons. The summed E-state index contributed by atoms with van der Waals surface area (Å²) >= 11 is 5.79. The zero-order valence-corrected chi connectivity index (χ0v) is 11.3. The van der Waals surface area contributed by atoms with Crippen LogP contribution in [0.1, 0.15) is 10.4 Å². The Morgan fingerprint density at radius 2 is 2.19 bits per heavy atom. The van der Waals surface area contributed by atoms with Gasteiger partial charge in [0.1, 0.15) is 6.61 Å². The molecule has 0 aliphatic rings. The highest BCUT2D eigenvalue weighted by molar-refractivity contribution is 6.34. The predicted molar refractivity (Wildman–Crippen MR) is 70.4 cm³/mol. The number of nitrogens with one attached hydrogen (secondary N) is 1. The van der Waals surface area contributed by atoms with E-state index in [1.807, 2.05) is 0 Å². The van der Waals surface area contributed by atoms with E-state index in [0.29, 0.717) is 0 Å². The average molecular weight is 325 g/mol. The highest BCUT2D eigenvalue weighted by Gasteiger charge is 2.19. The van der Waals surface area contributed by atoms with Gasteiger partial charge < -0.3 is 15.2 Å². The molecule has 0 bridgehead atoms. The lowest BCUT2D eigenvalue weighted by atomic mass is 10.1. The fraction of sp³-hybridized carbons (Fsp3) is 0.364. The topological polar surface area (TPSA) is 102 Å². The quantitative estimate of drug-likeness (QED) is 0.433. The van der Waals surface area contributed by atoms with Gasteiger partial charge in [-0.3, -0.25) is 10.1 Å². The van der Waals surface area contributed by atoms with Crippen LogP contribution in [0.15, 0.2) is 12.1 Å². The van der Waals surface area contributed by atoms with E-state index in [2.05, 4.69) is 10.1 Å². The third kappa shape index (κ3) is 5.12. The van der Waals surface area contributed by atoms with Crippen molar-refractivity contribution in [2.24, 2.45) is 0 Å². The van der Waals surface area contributed by atoms with Crippen molar-refractivity contribution in [2.75, 3.05) is 25.1 Å². The van der Waals surface area contributed by atoms with E-state index < -0.39 is 29.6 Å². The summed E-state index contributed by atoms with van der Waals surface area (Å²) < 4.78 is 28.3. The van der Waals surface area contributed by atoms with Crippen LogP contribution in [0.2, 0.25) is 5.02 Å². The zero-order chi connectivity index (χ0) is 16.0. The summed E-state index contributed by atoms with van der Waals surface area (Å²) in [5, 5.41) is 22.1. The number of non-ortho nitro benzene ring substituents is 1. The van der Waals surface area contributed by atoms with Gasteiger partial charge in [0.25, 0.3) is 12.1 Å². The monoisotopic (exact) mass is 324 g/mol. The van der Waals surface area contributed by atoms with E-state index >= 15 is 0 Å². The highest BCUT2D eigenvalue weighted by Crippen LogP contribution is 2.31. The molecule has 116 valence electrons. The first-order valence-electron chi connectivity index (χ1n) is 5.64. The molecule has 0 spiro atoms. The Balaban J connectivity index is 2.81. The Labute approximate surface area is 122 Å². The van der Waals surface area contributed by atoms with Gasteiger partial charge in [-0.25, -0.2) is 13.6 Å². The number of rotatable bonds is 8. The summed E-state index contributed by atoms with van der Waals surface area (Å²) in [6.07, 6.45) is -2.59. The van der Waals surface area contributed by atoms with Crippen LogP contribution < -0.4 is 5.32 Å². The SMILES string of the molecule is O=C(O)c1cc([N+](=O)[O-])cc(Cl)c1NCCOCC(F)F. The molecule has 2 N–H and O–H groups in total. The molecule has 7 nitrogen and oxygen atoms in total. The molecule has 0 saturated carbocycles. The van der Waals surface area contributed by atoms with Gasteiger partial charge in [0.2, 0.25) is 0 Å². The first kappa shape index (κ1) is 17.1. The van der Waals surface area contributed by atoms with Crippen LogP contribution in [0.3, 0.4) is 0 Å². The van der Waals surface area contributed by atoms with Crippen LogP contribution in [0.25, 0.3) is 0 Å². The van der Waals surface area contributed by atoms with Gasteiger partial charge in [0.15, 0.2) is 0 Å². The number of ether oxygens (including phenoxy) is 1. The molecule has 0 heterocycles. The molecule has 0 aliphatic carbocycles. The summed E-state index contributed by atoms with van der Waals surface area (Å²) in [5.74, 6) is -1.41. The summed E-state index contributed by atoms with van der Waals surface area (Å²) in [7, 11) is 0. The second-order valence-electron chi connectivity index (χ2n) is 3.81. The van der Waals surface area contributed by atoms with Crippen LogP contribution in [0.5, 0.6) is 0 Å². The molecule has 1 aromatic rings. The van der Waals surface area contributed by atoms with Crippen molar-refractivity contribution in [1.82, 2.24) is 0 Å². The minimum absolute atomic E-state index is 0.0184. The number of hydrogen-bond donors (Lipinski definition) is 2. The lowest BCUT2D eigenvalue weighted by molar-refractivity contribution is -0.384. The molecule has 0 aromatic heterocycles. The largest absolute Gasteiger partial charge is 0.478 e. The van der Waals surface area contributed by atoms with E-state index in [1.54, 1.807) is 0 Å². The minimum atomic E-state index is -2.59. The van der Waals surface area contributed by atoms with Crippen molar-refractivity contribution in [2.45, 2.75) is 6.43 Å². The number of carboxylic acid groups (broad SMARTS) is 1. The maximum Gasteiger partial charge on any atom is 0.338 e. The third-order valence-electron chi connectivity index (χ3n) is 2.31. The number of nitro groups is 1. The molecule has 1 rings (SSSR count). The van der Waals surface area contributed by atoms with E-state index in [-0.39, 0.29) is 29.4 Å². The third-order valence-corrected chi connectivity index (χ3v) is 2.61. The van der Waals surface area contributed by atoms with Crippen molar-refractivity contribution < 1.29 is 28.3 Å². The number of alkyl halides is 2. The zero-order valence-electron chi connectivity index (χ0n) is 10.5. The standard InChI is InChI=1S/C11H11ClF2N2O5/c12-8-4-6(16(19)20)3-7(11(17)18)10(8)15-1-2-21-5-9(13)14/h3-4,9,15H,1-2,5H2,(H,17,18). The van der Waals surface area contributed by atoms with Crippen molar-refractivity contribution in [3.05, 3.63) is 32.8 Å². The van der Waals surface area contributed by atoms with Crippen molar-refractivity contribution in [1.29, 1.82) is 0 Å². The van der Waals surface area contributed by atoms with Crippen LogP contribution in [0.4, 0.5) is 20.2 Å². The van der Waals surface area contributed by atoms with Crippen LogP contribution in [-0.2, 0) is 4.74 Å². The molecule has 0 unspecified atom stereocenters. The van der Waals surface area contributed by atoms with Gasteiger partial charge in [0.05, 0.1) is 27.8 Å². The number of carbonyl (C=O) groups is 1. The maximum absolute atomic E-state index is 11.8. The van der Waals surface area contributed by atoms with Crippen molar-refractivity contribution in [3.63, 3.8) is 0 Å². The average Bonchev–Trinajstić information content (AvgIpc) is 2.38. The molecule has 1 aromatic carbocycles. The molecule has 0 aliphatic heterocycles. The van der Waals surface area contributed by atoms with Crippen LogP contribution in [-0.4, -0.2) is 42.2 Å². The second-order valence-corrected chi connectivity index (χ2v) is 4.21. The van der Waals surface area contributed by atoms with Gasteiger partial charge >= 0.3 is 5.97 Å². The lowest BCUT2D eigenvalue weighted by Crippen LogP contribution is -2.15. The van der Waals surface area contributed by atoms with Gasteiger partial charge in [0, 0.05) is 18.7 Å². The van der Waals surface area contributed by atoms with Gasteiger partial charge in [-0.05, 0) is 0 Å². The molecule has 21 heavy (non-hydrogen) atoms. The Hall–Kier alpha value is -2.00. The number of nitrogens with zero attached hydrogens (tertiary/aromatic N) is 1. The van der Waals surface area contributed by atoms with E-state index in [9.17, 15) is 23.7 Å². The van der Waals surface area contributed by atoms with Crippen molar-refractivity contribution >= 4 is 28.9 Å². The number of nitro benzene ring substituents is 1. The fourth-order valence-electron chi connectivity index (χ4n) is 1.47. The molecule has 0 fully saturated rings. The Morgan fingerprint density at radius 1 is 1.52 bits per heavy atom.